The molecule has 2 aromatic rings. The Hall–Kier alpha value is -1.10. The molecule has 0 aliphatic carbocycles. The molecule has 0 radical (unpaired) electrons. The minimum absolute atomic E-state index is 0.168. The van der Waals surface area contributed by atoms with Gasteiger partial charge in [0.15, 0.2) is 5.82 Å². The zero-order valence-corrected chi connectivity index (χ0v) is 13.2. The summed E-state index contributed by atoms with van der Waals surface area (Å²) in [4.78, 5) is 6.43. The number of nitrogens with zero attached hydrogens (tertiary/aromatic N) is 3. The van der Waals surface area contributed by atoms with Crippen molar-refractivity contribution in [2.75, 3.05) is 7.05 Å². The van der Waals surface area contributed by atoms with Crippen molar-refractivity contribution in [3.05, 3.63) is 45.5 Å². The first kappa shape index (κ1) is 15.3. The maximum absolute atomic E-state index is 6.05. The zero-order valence-electron chi connectivity index (χ0n) is 11.7. The van der Waals surface area contributed by atoms with Gasteiger partial charge in [-0.25, -0.2) is 0 Å². The van der Waals surface area contributed by atoms with E-state index >= 15 is 0 Å². The van der Waals surface area contributed by atoms with Crippen LogP contribution < -0.4 is 0 Å². The van der Waals surface area contributed by atoms with Crippen molar-refractivity contribution < 1.29 is 4.52 Å². The van der Waals surface area contributed by atoms with Crippen LogP contribution in [-0.4, -0.2) is 22.1 Å². The van der Waals surface area contributed by atoms with E-state index in [1.54, 1.807) is 0 Å². The molecule has 0 aliphatic heterocycles. The fraction of sp³-hybridized carbons (Fsp3) is 0.429. The summed E-state index contributed by atoms with van der Waals surface area (Å²) in [6.45, 7) is 4.68. The summed E-state index contributed by atoms with van der Waals surface area (Å²) in [5.41, 5.74) is 1.09. The van der Waals surface area contributed by atoms with Gasteiger partial charge in [0.05, 0.1) is 16.6 Å². The van der Waals surface area contributed by atoms with Crippen molar-refractivity contribution in [3.8, 4) is 0 Å². The van der Waals surface area contributed by atoms with Crippen LogP contribution in [0.15, 0.2) is 22.7 Å². The van der Waals surface area contributed by atoms with Gasteiger partial charge < -0.3 is 4.52 Å². The lowest BCUT2D eigenvalue weighted by atomic mass is 10.1. The van der Waals surface area contributed by atoms with Gasteiger partial charge in [-0.1, -0.05) is 41.3 Å². The largest absolute Gasteiger partial charge is 0.338 e. The van der Waals surface area contributed by atoms with E-state index in [9.17, 15) is 0 Å². The molecule has 20 heavy (non-hydrogen) atoms. The molecule has 1 unspecified atom stereocenters. The van der Waals surface area contributed by atoms with E-state index in [4.69, 9.17) is 27.7 Å². The second-order valence-electron chi connectivity index (χ2n) is 4.72. The van der Waals surface area contributed by atoms with Gasteiger partial charge >= 0.3 is 0 Å². The van der Waals surface area contributed by atoms with Crippen molar-refractivity contribution in [1.29, 1.82) is 0 Å². The Kier molecular flexibility index (Phi) is 5.02. The van der Waals surface area contributed by atoms with E-state index in [2.05, 4.69) is 22.0 Å². The van der Waals surface area contributed by atoms with E-state index in [-0.39, 0.29) is 6.04 Å². The molecule has 1 aromatic carbocycles. The third kappa shape index (κ3) is 3.51. The molecular formula is C14H17Cl2N3O. The zero-order chi connectivity index (χ0) is 14.7. The normalized spacial score (nSPS) is 12.9. The van der Waals surface area contributed by atoms with Gasteiger partial charge in [-0.05, 0) is 31.7 Å². The quantitative estimate of drug-likeness (QED) is 0.832. The summed E-state index contributed by atoms with van der Waals surface area (Å²) in [7, 11) is 2.00. The van der Waals surface area contributed by atoms with E-state index in [0.29, 0.717) is 22.5 Å². The Balaban J connectivity index is 2.07. The molecule has 0 aliphatic rings. The monoisotopic (exact) mass is 313 g/mol. The van der Waals surface area contributed by atoms with Crippen LogP contribution in [0.2, 0.25) is 10.0 Å². The lowest BCUT2D eigenvalue weighted by molar-refractivity contribution is 0.216. The molecule has 0 saturated heterocycles. The molecule has 0 saturated carbocycles. The molecule has 0 amide bonds. The van der Waals surface area contributed by atoms with Crippen LogP contribution in [-0.2, 0) is 13.0 Å². The van der Waals surface area contributed by atoms with Gasteiger partial charge in [0.1, 0.15) is 0 Å². The SMILES string of the molecule is CCc1noc(CN(C)C(C)c2ccc(Cl)c(Cl)c2)n1. The number of hydrogen-bond donors (Lipinski definition) is 0. The molecule has 1 heterocycles. The number of aryl methyl sites for hydroxylation is 1. The Morgan fingerprint density at radius 3 is 2.65 bits per heavy atom. The third-order valence-corrected chi connectivity index (χ3v) is 4.04. The first-order chi connectivity index (χ1) is 9.51. The van der Waals surface area contributed by atoms with Crippen molar-refractivity contribution in [1.82, 2.24) is 15.0 Å². The average Bonchev–Trinajstić information content (AvgIpc) is 2.88. The molecule has 108 valence electrons. The van der Waals surface area contributed by atoms with Crippen LogP contribution in [0.25, 0.3) is 0 Å². The van der Waals surface area contributed by atoms with E-state index < -0.39 is 0 Å². The first-order valence-electron chi connectivity index (χ1n) is 6.48. The number of rotatable bonds is 5. The van der Waals surface area contributed by atoms with Crippen LogP contribution in [0, 0.1) is 0 Å². The van der Waals surface area contributed by atoms with E-state index in [1.165, 1.54) is 0 Å². The minimum Gasteiger partial charge on any atom is -0.338 e. The summed E-state index contributed by atoms with van der Waals surface area (Å²) in [5, 5.41) is 5.02. The fourth-order valence-electron chi connectivity index (χ4n) is 1.87. The highest BCUT2D eigenvalue weighted by Crippen LogP contribution is 2.28. The number of halogens is 2. The van der Waals surface area contributed by atoms with Gasteiger partial charge in [0.2, 0.25) is 5.89 Å². The highest BCUT2D eigenvalue weighted by molar-refractivity contribution is 6.42. The number of benzene rings is 1. The van der Waals surface area contributed by atoms with Crippen molar-refractivity contribution in [2.24, 2.45) is 0 Å². The van der Waals surface area contributed by atoms with E-state index in [1.807, 2.05) is 32.2 Å². The van der Waals surface area contributed by atoms with Crippen LogP contribution in [0.3, 0.4) is 0 Å². The van der Waals surface area contributed by atoms with Gasteiger partial charge in [-0.3, -0.25) is 4.90 Å². The molecule has 4 nitrogen and oxygen atoms in total. The Bertz CT molecular complexity index is 586. The Morgan fingerprint density at radius 2 is 2.05 bits per heavy atom. The van der Waals surface area contributed by atoms with Crippen molar-refractivity contribution in [3.63, 3.8) is 0 Å². The number of hydrogen-bond acceptors (Lipinski definition) is 4. The highest BCUT2D eigenvalue weighted by Gasteiger charge is 2.16. The molecular weight excluding hydrogens is 297 g/mol. The average molecular weight is 314 g/mol. The summed E-state index contributed by atoms with van der Waals surface area (Å²) in [6, 6.07) is 5.84. The Labute approximate surface area is 128 Å². The summed E-state index contributed by atoms with van der Waals surface area (Å²) >= 11 is 12.0. The highest BCUT2D eigenvalue weighted by atomic mass is 35.5. The molecule has 0 fully saturated rings. The molecule has 6 heteroatoms. The fourth-order valence-corrected chi connectivity index (χ4v) is 2.18. The third-order valence-electron chi connectivity index (χ3n) is 3.30. The van der Waals surface area contributed by atoms with Gasteiger partial charge in [-0.15, -0.1) is 0 Å². The molecule has 1 aromatic heterocycles. The van der Waals surface area contributed by atoms with E-state index in [0.717, 1.165) is 17.8 Å². The second-order valence-corrected chi connectivity index (χ2v) is 5.54. The maximum atomic E-state index is 6.05. The first-order valence-corrected chi connectivity index (χ1v) is 7.23. The number of aromatic nitrogens is 2. The minimum atomic E-state index is 0.168. The lowest BCUT2D eigenvalue weighted by Crippen LogP contribution is -2.22. The summed E-state index contributed by atoms with van der Waals surface area (Å²) in [5.74, 6) is 1.35. The van der Waals surface area contributed by atoms with Crippen LogP contribution in [0.5, 0.6) is 0 Å². The van der Waals surface area contributed by atoms with Crippen LogP contribution >= 0.6 is 23.2 Å². The van der Waals surface area contributed by atoms with Gasteiger partial charge in [0.25, 0.3) is 0 Å². The van der Waals surface area contributed by atoms with Crippen molar-refractivity contribution in [2.45, 2.75) is 32.9 Å². The smallest absolute Gasteiger partial charge is 0.240 e. The topological polar surface area (TPSA) is 42.2 Å². The molecule has 2 rings (SSSR count). The molecule has 0 bridgehead atoms. The van der Waals surface area contributed by atoms with Gasteiger partial charge in [-0.2, -0.15) is 4.98 Å². The lowest BCUT2D eigenvalue weighted by Gasteiger charge is -2.23. The summed E-state index contributed by atoms with van der Waals surface area (Å²) in [6.07, 6.45) is 0.773. The Morgan fingerprint density at radius 1 is 1.30 bits per heavy atom. The van der Waals surface area contributed by atoms with Gasteiger partial charge in [0, 0.05) is 12.5 Å². The summed E-state index contributed by atoms with van der Waals surface area (Å²) < 4.78 is 5.21. The van der Waals surface area contributed by atoms with Crippen LogP contribution in [0.4, 0.5) is 0 Å². The molecule has 0 N–H and O–H groups in total. The predicted molar refractivity (Wildman–Crippen MR) is 80.0 cm³/mol. The predicted octanol–water partition coefficient (Wildman–Crippen LogP) is 4.13. The maximum Gasteiger partial charge on any atom is 0.240 e. The molecule has 0 spiro atoms. The van der Waals surface area contributed by atoms with Crippen molar-refractivity contribution >= 4 is 23.2 Å². The second kappa shape index (κ2) is 6.57. The standard InChI is InChI=1S/C14H17Cl2N3O/c1-4-13-17-14(20-18-13)8-19(3)9(2)10-5-6-11(15)12(16)7-10/h5-7,9H,4,8H2,1-3H3. The molecule has 1 atom stereocenters. The van der Waals surface area contributed by atoms with Crippen LogP contribution in [0.1, 0.15) is 37.2 Å².